The predicted molar refractivity (Wildman–Crippen MR) is 166 cm³/mol. The number of hydrogen-bond donors (Lipinski definition) is 2. The number of nitrogens with one attached hydrogen (secondary N) is 1. The molecule has 3 aromatic rings. The highest BCUT2D eigenvalue weighted by Gasteiger charge is 2.31. The highest BCUT2D eigenvalue weighted by molar-refractivity contribution is 6.05. The lowest BCUT2D eigenvalue weighted by Gasteiger charge is -2.28. The summed E-state index contributed by atoms with van der Waals surface area (Å²) in [7, 11) is 4.12. The third-order valence-electron chi connectivity index (χ3n) is 8.21. The number of carbonyl (C=O) groups is 3. The van der Waals surface area contributed by atoms with E-state index in [4.69, 9.17) is 5.73 Å². The molecule has 0 aromatic heterocycles. The first kappa shape index (κ1) is 32.9. The van der Waals surface area contributed by atoms with Gasteiger partial charge in [-0.1, -0.05) is 30.3 Å². The van der Waals surface area contributed by atoms with Crippen molar-refractivity contribution in [1.82, 2.24) is 9.80 Å². The SMILES string of the molecule is CN1CCC(C(=O)c2cccc(N)c2)CC1.CN1CCC(C(=O)c2cccc(NC(=O)c3cccc(C(F)(F)F)c3)c2)CC1. The van der Waals surface area contributed by atoms with Crippen LogP contribution in [0.15, 0.2) is 72.8 Å². The number of anilines is 2. The molecule has 0 radical (unpaired) electrons. The molecule has 2 aliphatic heterocycles. The number of carbonyl (C=O) groups excluding carboxylic acids is 3. The van der Waals surface area contributed by atoms with Crippen LogP contribution in [-0.4, -0.2) is 67.5 Å². The van der Waals surface area contributed by atoms with E-state index in [1.807, 2.05) is 25.2 Å². The summed E-state index contributed by atoms with van der Waals surface area (Å²) in [6, 6.07) is 18.1. The van der Waals surface area contributed by atoms with Crippen LogP contribution in [0.4, 0.5) is 24.5 Å². The van der Waals surface area contributed by atoms with Crippen LogP contribution >= 0.6 is 0 Å². The molecule has 7 nitrogen and oxygen atoms in total. The molecule has 2 heterocycles. The number of amides is 1. The third-order valence-corrected chi connectivity index (χ3v) is 8.21. The van der Waals surface area contributed by atoms with Gasteiger partial charge in [-0.05, 0) is 108 Å². The molecule has 0 spiro atoms. The lowest BCUT2D eigenvalue weighted by atomic mass is 9.89. The van der Waals surface area contributed by atoms with Crippen molar-refractivity contribution < 1.29 is 27.6 Å². The first-order valence-electron chi connectivity index (χ1n) is 14.8. The summed E-state index contributed by atoms with van der Waals surface area (Å²) in [5.74, 6) is -0.248. The average molecular weight is 609 g/mol. The van der Waals surface area contributed by atoms with Gasteiger partial charge in [0, 0.05) is 39.9 Å². The van der Waals surface area contributed by atoms with E-state index in [0.29, 0.717) is 16.9 Å². The zero-order valence-electron chi connectivity index (χ0n) is 25.1. The van der Waals surface area contributed by atoms with Crippen molar-refractivity contribution in [2.24, 2.45) is 11.8 Å². The van der Waals surface area contributed by atoms with Crippen molar-refractivity contribution in [2.45, 2.75) is 31.9 Å². The monoisotopic (exact) mass is 608 g/mol. The van der Waals surface area contributed by atoms with Gasteiger partial charge >= 0.3 is 6.18 Å². The zero-order valence-corrected chi connectivity index (χ0v) is 25.1. The van der Waals surface area contributed by atoms with Crippen molar-refractivity contribution in [2.75, 3.05) is 51.3 Å². The standard InChI is InChI=1S/C21H21F3N2O2.C13H18N2O/c1-26-10-8-14(9-11-26)19(27)15-4-3-7-18(13-15)25-20(28)16-5-2-6-17(12-16)21(22,23)24;1-15-7-5-10(6-8-15)13(16)11-3-2-4-12(14)9-11/h2-7,12-14H,8-11H2,1H3,(H,25,28);2-4,9-10H,5-8,14H2,1H3. The quantitative estimate of drug-likeness (QED) is 0.253. The van der Waals surface area contributed by atoms with Crippen molar-refractivity contribution in [1.29, 1.82) is 0 Å². The van der Waals surface area contributed by atoms with Crippen molar-refractivity contribution in [3.8, 4) is 0 Å². The van der Waals surface area contributed by atoms with Crippen LogP contribution in [0, 0.1) is 11.8 Å². The number of nitrogens with two attached hydrogens (primary N) is 1. The first-order chi connectivity index (χ1) is 20.9. The van der Waals surface area contributed by atoms with Crippen molar-refractivity contribution >= 4 is 28.8 Å². The topological polar surface area (TPSA) is 95.7 Å². The number of nitrogens with zero attached hydrogens (tertiary/aromatic N) is 2. The maximum atomic E-state index is 12.8. The van der Waals surface area contributed by atoms with E-state index in [1.165, 1.54) is 12.1 Å². The van der Waals surface area contributed by atoms with E-state index in [2.05, 4.69) is 22.2 Å². The molecule has 5 rings (SSSR count). The number of alkyl halides is 3. The molecule has 10 heteroatoms. The fraction of sp³-hybridized carbons (Fsp3) is 0.382. The fourth-order valence-electron chi connectivity index (χ4n) is 5.50. The Morgan fingerprint density at radius 3 is 1.70 bits per heavy atom. The normalized spacial score (nSPS) is 16.9. The van der Waals surface area contributed by atoms with E-state index >= 15 is 0 Å². The Morgan fingerprint density at radius 1 is 0.705 bits per heavy atom. The molecule has 2 saturated heterocycles. The Balaban J connectivity index is 0.000000233. The zero-order chi connectivity index (χ0) is 31.9. The van der Waals surface area contributed by atoms with Gasteiger partial charge in [0.2, 0.25) is 0 Å². The Labute approximate surface area is 256 Å². The van der Waals surface area contributed by atoms with E-state index < -0.39 is 17.6 Å². The van der Waals surface area contributed by atoms with E-state index in [-0.39, 0.29) is 29.0 Å². The minimum atomic E-state index is -4.52. The van der Waals surface area contributed by atoms with Crippen LogP contribution in [0.3, 0.4) is 0 Å². The summed E-state index contributed by atoms with van der Waals surface area (Å²) < 4.78 is 38.5. The summed E-state index contributed by atoms with van der Waals surface area (Å²) in [6.45, 7) is 3.75. The average Bonchev–Trinajstić information content (AvgIpc) is 3.01. The van der Waals surface area contributed by atoms with Crippen molar-refractivity contribution in [3.05, 3.63) is 95.1 Å². The minimum Gasteiger partial charge on any atom is -0.399 e. The summed E-state index contributed by atoms with van der Waals surface area (Å²) in [4.78, 5) is 41.7. The minimum absolute atomic E-state index is 0.0308. The second-order valence-corrected chi connectivity index (χ2v) is 11.6. The van der Waals surface area contributed by atoms with Gasteiger partial charge in [0.25, 0.3) is 5.91 Å². The Bertz CT molecular complexity index is 1460. The Hall–Kier alpha value is -4.02. The maximum Gasteiger partial charge on any atom is 0.416 e. The number of rotatable bonds is 6. The summed E-state index contributed by atoms with van der Waals surface area (Å²) in [5, 5.41) is 2.58. The number of piperidine rings is 2. The Morgan fingerprint density at radius 2 is 1.18 bits per heavy atom. The summed E-state index contributed by atoms with van der Waals surface area (Å²) in [5.41, 5.74) is 7.01. The Kier molecular flexibility index (Phi) is 10.9. The number of nitrogen functional groups attached to an aromatic ring is 1. The number of hydrogen-bond acceptors (Lipinski definition) is 6. The molecule has 1 amide bonds. The van der Waals surface area contributed by atoms with Gasteiger partial charge in [-0.25, -0.2) is 0 Å². The van der Waals surface area contributed by atoms with Gasteiger partial charge in [0.15, 0.2) is 11.6 Å². The van der Waals surface area contributed by atoms with Crippen LogP contribution in [0.5, 0.6) is 0 Å². The van der Waals surface area contributed by atoms with Gasteiger partial charge in [-0.3, -0.25) is 14.4 Å². The van der Waals surface area contributed by atoms with Crippen molar-refractivity contribution in [3.63, 3.8) is 0 Å². The summed E-state index contributed by atoms with van der Waals surface area (Å²) >= 11 is 0. The molecule has 3 aromatic carbocycles. The highest BCUT2D eigenvalue weighted by atomic mass is 19.4. The molecule has 44 heavy (non-hydrogen) atoms. The highest BCUT2D eigenvalue weighted by Crippen LogP contribution is 2.30. The van der Waals surface area contributed by atoms with Gasteiger partial charge in [-0.15, -0.1) is 0 Å². The molecular weight excluding hydrogens is 569 g/mol. The second kappa shape index (κ2) is 14.6. The molecule has 0 unspecified atom stereocenters. The van der Waals surface area contributed by atoms with E-state index in [9.17, 15) is 27.6 Å². The molecule has 2 aliphatic rings. The molecule has 2 fully saturated rings. The van der Waals surface area contributed by atoms with Gasteiger partial charge < -0.3 is 20.9 Å². The molecule has 0 bridgehead atoms. The van der Waals surface area contributed by atoms with Crippen LogP contribution < -0.4 is 11.1 Å². The van der Waals surface area contributed by atoms with Gasteiger partial charge in [0.1, 0.15) is 0 Å². The number of likely N-dealkylation sites (tertiary alicyclic amines) is 2. The van der Waals surface area contributed by atoms with Crippen LogP contribution in [-0.2, 0) is 6.18 Å². The fourth-order valence-corrected chi connectivity index (χ4v) is 5.50. The smallest absolute Gasteiger partial charge is 0.399 e. The maximum absolute atomic E-state index is 12.8. The predicted octanol–water partition coefficient (Wildman–Crippen LogP) is 6.28. The van der Waals surface area contributed by atoms with Gasteiger partial charge in [-0.2, -0.15) is 13.2 Å². The molecular formula is C34H39F3N4O3. The van der Waals surface area contributed by atoms with E-state index in [1.54, 1.807) is 30.3 Å². The summed E-state index contributed by atoms with van der Waals surface area (Å²) in [6.07, 6.45) is -1.02. The first-order valence-corrected chi connectivity index (χ1v) is 14.8. The number of Topliss-reactive ketones (excluding diaryl/α,β-unsaturated/α-hetero) is 2. The molecule has 0 aliphatic carbocycles. The van der Waals surface area contributed by atoms with E-state index in [0.717, 1.165) is 69.6 Å². The third kappa shape index (κ3) is 9.00. The lowest BCUT2D eigenvalue weighted by molar-refractivity contribution is -0.137. The largest absolute Gasteiger partial charge is 0.416 e. The number of ketones is 2. The van der Waals surface area contributed by atoms with Crippen LogP contribution in [0.25, 0.3) is 0 Å². The number of benzene rings is 3. The molecule has 234 valence electrons. The molecule has 0 saturated carbocycles. The van der Waals surface area contributed by atoms with Crippen LogP contribution in [0.2, 0.25) is 0 Å². The second-order valence-electron chi connectivity index (χ2n) is 11.6. The van der Waals surface area contributed by atoms with Crippen LogP contribution in [0.1, 0.15) is 62.3 Å². The van der Waals surface area contributed by atoms with Gasteiger partial charge in [0.05, 0.1) is 5.56 Å². The number of halogens is 3. The molecule has 0 atom stereocenters. The molecule has 3 N–H and O–H groups in total. The lowest BCUT2D eigenvalue weighted by Crippen LogP contribution is -2.33.